The van der Waals surface area contributed by atoms with Crippen LogP contribution in [-0.2, 0) is 0 Å². The summed E-state index contributed by atoms with van der Waals surface area (Å²) in [5, 5.41) is 8.02. The summed E-state index contributed by atoms with van der Waals surface area (Å²) in [7, 11) is 0. The molecular formula is C14H6F24O. The Balaban J connectivity index is 7.24. The van der Waals surface area contributed by atoms with Crippen molar-refractivity contribution in [2.75, 3.05) is 6.61 Å². The van der Waals surface area contributed by atoms with Crippen molar-refractivity contribution in [3.05, 3.63) is 0 Å². The number of hydrogen-bond donors (Lipinski definition) is 1. The summed E-state index contributed by atoms with van der Waals surface area (Å²) in [5.74, 6) is -96.3. The minimum atomic E-state index is -9.47. The number of aliphatic hydroxyl groups excluding tert-OH is 1. The fraction of sp³-hybridized carbons (Fsp3) is 1.00. The minimum Gasteiger partial charge on any atom is -0.396 e. The molecule has 0 saturated heterocycles. The van der Waals surface area contributed by atoms with Gasteiger partial charge in [-0.15, -0.1) is 0 Å². The maximum atomic E-state index is 13.5. The van der Waals surface area contributed by atoms with E-state index in [2.05, 4.69) is 0 Å². The Morgan fingerprint density at radius 3 is 0.769 bits per heavy atom. The maximum absolute atomic E-state index is 13.5. The van der Waals surface area contributed by atoms with E-state index >= 15 is 0 Å². The molecular weight excluding hydrogens is 640 g/mol. The number of rotatable bonds is 13. The molecule has 0 heterocycles. The van der Waals surface area contributed by atoms with E-state index in [-0.39, 0.29) is 0 Å². The van der Waals surface area contributed by atoms with Gasteiger partial charge in [0.25, 0.3) is 0 Å². The van der Waals surface area contributed by atoms with E-state index in [9.17, 15) is 105 Å². The Kier molecular flexibility index (Phi) is 8.99. The van der Waals surface area contributed by atoms with Crippen molar-refractivity contribution in [2.45, 2.75) is 78.0 Å². The average Bonchev–Trinajstić information content (AvgIpc) is 2.71. The standard InChI is InChI=1S/C14H6F24O/c15-3(16)5(19,20)7(23,24)9(27,28)11(31,32)13(35,36)14(37,38)12(33,34)10(29,30)8(25,26)6(21,22)4(17,18)1-2-39/h3,39H,1-2H2. The predicted molar refractivity (Wildman–Crippen MR) is 72.1 cm³/mol. The van der Waals surface area contributed by atoms with E-state index in [1.54, 1.807) is 0 Å². The lowest BCUT2D eigenvalue weighted by molar-refractivity contribution is -0.476. The van der Waals surface area contributed by atoms with Gasteiger partial charge >= 0.3 is 71.6 Å². The second-order valence-electron chi connectivity index (χ2n) is 7.27. The largest absolute Gasteiger partial charge is 0.396 e. The van der Waals surface area contributed by atoms with Gasteiger partial charge in [0.1, 0.15) is 0 Å². The zero-order chi connectivity index (χ0) is 32.5. The van der Waals surface area contributed by atoms with Crippen LogP contribution in [0.25, 0.3) is 0 Å². The van der Waals surface area contributed by atoms with Crippen LogP contribution in [0.15, 0.2) is 0 Å². The molecule has 25 heteroatoms. The fourth-order valence-corrected chi connectivity index (χ4v) is 2.25. The van der Waals surface area contributed by atoms with Crippen molar-refractivity contribution in [3.8, 4) is 0 Å². The van der Waals surface area contributed by atoms with Gasteiger partial charge in [-0.25, -0.2) is 8.78 Å². The third kappa shape index (κ3) is 4.41. The Hall–Kier alpha value is -1.72. The molecule has 0 unspecified atom stereocenters. The fourth-order valence-electron chi connectivity index (χ4n) is 2.25. The Bertz CT molecular complexity index is 870. The van der Waals surface area contributed by atoms with E-state index in [0.29, 0.717) is 0 Å². The molecule has 0 amide bonds. The van der Waals surface area contributed by atoms with E-state index in [1.807, 2.05) is 0 Å². The summed E-state index contributed by atoms with van der Waals surface area (Å²) in [5.41, 5.74) is 0. The molecule has 0 bridgehead atoms. The first-order valence-electron chi connectivity index (χ1n) is 8.55. The van der Waals surface area contributed by atoms with Gasteiger partial charge in [0.15, 0.2) is 0 Å². The van der Waals surface area contributed by atoms with Crippen LogP contribution < -0.4 is 0 Å². The molecule has 0 aromatic carbocycles. The van der Waals surface area contributed by atoms with Crippen molar-refractivity contribution in [3.63, 3.8) is 0 Å². The molecule has 0 rings (SSSR count). The van der Waals surface area contributed by atoms with Crippen LogP contribution in [0.3, 0.4) is 0 Å². The maximum Gasteiger partial charge on any atom is 0.385 e. The summed E-state index contributed by atoms with van der Waals surface area (Å²) in [4.78, 5) is 0. The summed E-state index contributed by atoms with van der Waals surface area (Å²) in [6.07, 6.45) is -9.35. The molecule has 0 fully saturated rings. The highest BCUT2D eigenvalue weighted by molar-refractivity contribution is 5.19. The Morgan fingerprint density at radius 1 is 0.359 bits per heavy atom. The molecule has 0 aromatic heterocycles. The second-order valence-corrected chi connectivity index (χ2v) is 7.27. The molecule has 0 atom stereocenters. The monoisotopic (exact) mass is 646 g/mol. The number of hydrogen-bond acceptors (Lipinski definition) is 1. The topological polar surface area (TPSA) is 20.2 Å². The van der Waals surface area contributed by atoms with Crippen molar-refractivity contribution in [1.82, 2.24) is 0 Å². The molecule has 1 N–H and O–H groups in total. The van der Waals surface area contributed by atoms with E-state index in [4.69, 9.17) is 5.11 Å². The zero-order valence-electron chi connectivity index (χ0n) is 17.0. The van der Waals surface area contributed by atoms with E-state index in [0.717, 1.165) is 0 Å². The lowest BCUT2D eigenvalue weighted by Gasteiger charge is -2.45. The quantitative estimate of drug-likeness (QED) is 0.204. The third-order valence-corrected chi connectivity index (χ3v) is 4.73. The highest BCUT2D eigenvalue weighted by Gasteiger charge is 2.98. The van der Waals surface area contributed by atoms with Crippen molar-refractivity contribution in [1.29, 1.82) is 0 Å². The molecule has 39 heavy (non-hydrogen) atoms. The van der Waals surface area contributed by atoms with Crippen LogP contribution >= 0.6 is 0 Å². The first-order chi connectivity index (χ1) is 16.5. The highest BCUT2D eigenvalue weighted by atomic mass is 19.4. The Morgan fingerprint density at radius 2 is 0.564 bits per heavy atom. The Labute approximate surface area is 196 Å². The molecule has 0 aliphatic heterocycles. The van der Waals surface area contributed by atoms with Crippen molar-refractivity contribution < 1.29 is 110 Å². The molecule has 236 valence electrons. The van der Waals surface area contributed by atoms with Gasteiger partial charge in [-0.05, 0) is 0 Å². The van der Waals surface area contributed by atoms with Gasteiger partial charge in [-0.1, -0.05) is 0 Å². The summed E-state index contributed by atoms with van der Waals surface area (Å²) in [6, 6.07) is 0. The van der Waals surface area contributed by atoms with Gasteiger partial charge < -0.3 is 5.11 Å². The molecule has 0 spiro atoms. The summed E-state index contributed by atoms with van der Waals surface area (Å²) >= 11 is 0. The van der Waals surface area contributed by atoms with Crippen molar-refractivity contribution >= 4 is 0 Å². The van der Waals surface area contributed by atoms with Crippen LogP contribution in [0.1, 0.15) is 6.42 Å². The third-order valence-electron chi connectivity index (χ3n) is 4.73. The normalized spacial score (nSPS) is 16.8. The highest BCUT2D eigenvalue weighted by Crippen LogP contribution is 2.67. The number of aliphatic hydroxyl groups is 1. The lowest BCUT2D eigenvalue weighted by Crippen LogP contribution is -2.78. The van der Waals surface area contributed by atoms with Gasteiger partial charge in [-0.3, -0.25) is 0 Å². The van der Waals surface area contributed by atoms with E-state index < -0.39 is 84.6 Å². The molecule has 1 nitrogen and oxygen atoms in total. The lowest BCUT2D eigenvalue weighted by atomic mass is 9.84. The molecule has 0 aliphatic carbocycles. The summed E-state index contributed by atoms with van der Waals surface area (Å²) < 4.78 is 316. The van der Waals surface area contributed by atoms with Gasteiger partial charge in [0.2, 0.25) is 0 Å². The molecule has 0 aromatic rings. The SMILES string of the molecule is OCCC(F)(F)C(F)(F)C(F)(F)C(F)(F)C(F)(F)C(F)(F)C(F)(F)C(F)(F)C(F)(F)C(F)(F)C(F)(F)C(F)F. The van der Waals surface area contributed by atoms with Crippen LogP contribution in [0.2, 0.25) is 0 Å². The summed E-state index contributed by atoms with van der Waals surface area (Å²) in [6.45, 7) is -2.40. The zero-order valence-corrected chi connectivity index (χ0v) is 17.0. The van der Waals surface area contributed by atoms with Crippen LogP contribution in [0.4, 0.5) is 105 Å². The first kappa shape index (κ1) is 37.3. The minimum absolute atomic E-state index is 2.40. The number of alkyl halides is 24. The second kappa shape index (κ2) is 9.41. The van der Waals surface area contributed by atoms with Crippen molar-refractivity contribution in [2.24, 2.45) is 0 Å². The van der Waals surface area contributed by atoms with Crippen LogP contribution in [-0.4, -0.2) is 83.3 Å². The first-order valence-corrected chi connectivity index (χ1v) is 8.55. The average molecular weight is 646 g/mol. The van der Waals surface area contributed by atoms with Crippen LogP contribution in [0, 0.1) is 0 Å². The smallest absolute Gasteiger partial charge is 0.385 e. The van der Waals surface area contributed by atoms with Gasteiger partial charge in [0, 0.05) is 13.0 Å². The molecule has 0 saturated carbocycles. The van der Waals surface area contributed by atoms with Gasteiger partial charge in [0.05, 0.1) is 0 Å². The number of halogens is 24. The van der Waals surface area contributed by atoms with Gasteiger partial charge in [-0.2, -0.15) is 96.6 Å². The predicted octanol–water partition coefficient (Wildman–Crippen LogP) is 7.62. The van der Waals surface area contributed by atoms with E-state index in [1.165, 1.54) is 0 Å². The molecule has 0 aliphatic rings. The van der Waals surface area contributed by atoms with Crippen LogP contribution in [0.5, 0.6) is 0 Å². The molecule has 0 radical (unpaired) electrons.